The largest absolute Gasteiger partial charge is 1.00 e. The first kappa shape index (κ1) is 38.9. The van der Waals surface area contributed by atoms with E-state index in [1.807, 2.05) is 0 Å². The van der Waals surface area contributed by atoms with Gasteiger partial charge >= 0.3 is 0 Å². The zero-order chi connectivity index (χ0) is 28.9. The summed E-state index contributed by atoms with van der Waals surface area (Å²) in [5, 5.41) is 5.37. The van der Waals surface area contributed by atoms with Crippen LogP contribution in [0.25, 0.3) is 21.5 Å². The van der Waals surface area contributed by atoms with Crippen molar-refractivity contribution in [3.63, 3.8) is 0 Å². The summed E-state index contributed by atoms with van der Waals surface area (Å²) in [4.78, 5) is 0. The van der Waals surface area contributed by atoms with Crippen molar-refractivity contribution in [2.45, 2.75) is 142 Å². The first-order valence-electron chi connectivity index (χ1n) is 17.6. The molecule has 0 saturated heterocycles. The summed E-state index contributed by atoms with van der Waals surface area (Å²) in [6.45, 7) is 2.30. The number of rotatable bonds is 23. The summed E-state index contributed by atoms with van der Waals surface area (Å²) < 4.78 is 4.72. The van der Waals surface area contributed by atoms with E-state index >= 15 is 0 Å². The molecule has 0 aliphatic rings. The first-order valence-corrected chi connectivity index (χ1v) is 17.6. The van der Waals surface area contributed by atoms with Gasteiger partial charge in [0.2, 0.25) is 0 Å². The molecule has 0 fully saturated rings. The SMILES string of the molecule is [I-].[I-].c1ccc2c[n+](CCCCCCCCCCCCCCCCCCCCCC[n+]3ccc4ccccc4c3)ccc2c1. The molecular formula is C40H58I2N2. The average molecular weight is 821 g/mol. The minimum Gasteiger partial charge on any atom is -1.00 e. The number of benzene rings is 2. The molecule has 4 aromatic rings. The number of fused-ring (bicyclic) bond motifs is 2. The highest BCUT2D eigenvalue weighted by Gasteiger charge is 2.04. The van der Waals surface area contributed by atoms with Gasteiger partial charge in [0.15, 0.2) is 24.8 Å². The fourth-order valence-corrected chi connectivity index (χ4v) is 6.40. The average Bonchev–Trinajstić information content (AvgIpc) is 3.03. The van der Waals surface area contributed by atoms with Crippen molar-refractivity contribution >= 4 is 21.5 Å². The molecular weight excluding hydrogens is 762 g/mol. The van der Waals surface area contributed by atoms with Crippen molar-refractivity contribution < 1.29 is 57.1 Å². The van der Waals surface area contributed by atoms with Gasteiger partial charge in [-0.1, -0.05) is 139 Å². The molecule has 0 atom stereocenters. The van der Waals surface area contributed by atoms with Gasteiger partial charge in [0.25, 0.3) is 0 Å². The van der Waals surface area contributed by atoms with E-state index in [0.717, 1.165) is 13.1 Å². The van der Waals surface area contributed by atoms with Crippen LogP contribution in [0, 0.1) is 0 Å². The van der Waals surface area contributed by atoms with E-state index in [9.17, 15) is 0 Å². The Morgan fingerprint density at radius 2 is 0.545 bits per heavy atom. The monoisotopic (exact) mass is 820 g/mol. The number of unbranched alkanes of at least 4 members (excludes halogenated alkanes) is 19. The highest BCUT2D eigenvalue weighted by Crippen LogP contribution is 2.16. The van der Waals surface area contributed by atoms with Crippen molar-refractivity contribution in [3.05, 3.63) is 85.5 Å². The van der Waals surface area contributed by atoms with Gasteiger partial charge in [0.1, 0.15) is 13.1 Å². The molecule has 0 unspecified atom stereocenters. The van der Waals surface area contributed by atoms with Gasteiger partial charge in [0, 0.05) is 35.7 Å². The maximum absolute atomic E-state index is 2.36. The zero-order valence-electron chi connectivity index (χ0n) is 27.3. The molecule has 0 aliphatic carbocycles. The van der Waals surface area contributed by atoms with E-state index in [4.69, 9.17) is 0 Å². The number of halogens is 2. The Balaban J connectivity index is 0.00000337. The fourth-order valence-electron chi connectivity index (χ4n) is 6.40. The second-order valence-electron chi connectivity index (χ2n) is 12.7. The highest BCUT2D eigenvalue weighted by molar-refractivity contribution is 5.80. The zero-order valence-corrected chi connectivity index (χ0v) is 31.6. The summed E-state index contributed by atoms with van der Waals surface area (Å²) in [5.74, 6) is 0. The number of hydrogen-bond donors (Lipinski definition) is 0. The van der Waals surface area contributed by atoms with E-state index in [1.165, 1.54) is 150 Å². The lowest BCUT2D eigenvalue weighted by Gasteiger charge is -2.04. The van der Waals surface area contributed by atoms with Gasteiger partial charge in [-0.3, -0.25) is 0 Å². The van der Waals surface area contributed by atoms with Crippen LogP contribution < -0.4 is 57.1 Å². The molecule has 0 bridgehead atoms. The number of nitrogens with zero attached hydrogens (tertiary/aromatic N) is 2. The number of hydrogen-bond acceptors (Lipinski definition) is 0. The third-order valence-corrected chi connectivity index (χ3v) is 9.08. The van der Waals surface area contributed by atoms with Crippen LogP contribution in [0.3, 0.4) is 0 Å². The maximum Gasteiger partial charge on any atom is 0.176 e. The van der Waals surface area contributed by atoms with Crippen LogP contribution in [0.2, 0.25) is 0 Å². The minimum atomic E-state index is 0. The molecule has 0 saturated carbocycles. The van der Waals surface area contributed by atoms with Crippen molar-refractivity contribution in [1.29, 1.82) is 0 Å². The van der Waals surface area contributed by atoms with Gasteiger partial charge in [-0.15, -0.1) is 0 Å². The lowest BCUT2D eigenvalue weighted by Crippen LogP contribution is -3.00. The van der Waals surface area contributed by atoms with Gasteiger partial charge in [-0.05, 0) is 35.7 Å². The third-order valence-electron chi connectivity index (χ3n) is 9.08. The van der Waals surface area contributed by atoms with Crippen LogP contribution in [0.5, 0.6) is 0 Å². The number of aromatic nitrogens is 2. The summed E-state index contributed by atoms with van der Waals surface area (Å²) in [6.07, 6.45) is 37.5. The Labute approximate surface area is 303 Å². The van der Waals surface area contributed by atoms with Crippen LogP contribution >= 0.6 is 0 Å². The molecule has 44 heavy (non-hydrogen) atoms. The third kappa shape index (κ3) is 15.8. The molecule has 0 N–H and O–H groups in total. The van der Waals surface area contributed by atoms with Crippen LogP contribution in [-0.2, 0) is 13.1 Å². The fraction of sp³-hybridized carbons (Fsp3) is 0.550. The van der Waals surface area contributed by atoms with E-state index in [2.05, 4.69) is 94.6 Å². The van der Waals surface area contributed by atoms with Gasteiger partial charge in [0.05, 0.1) is 0 Å². The van der Waals surface area contributed by atoms with E-state index in [0.29, 0.717) is 0 Å². The van der Waals surface area contributed by atoms with Crippen LogP contribution in [0.15, 0.2) is 85.5 Å². The second kappa shape index (κ2) is 24.9. The first-order chi connectivity index (χ1) is 20.9. The molecule has 0 radical (unpaired) electrons. The predicted octanol–water partition coefficient (Wildman–Crippen LogP) is 5.08. The van der Waals surface area contributed by atoms with Crippen molar-refractivity contribution in [3.8, 4) is 0 Å². The molecule has 0 aliphatic heterocycles. The summed E-state index contributed by atoms with van der Waals surface area (Å²) in [7, 11) is 0. The van der Waals surface area contributed by atoms with E-state index < -0.39 is 0 Å². The van der Waals surface area contributed by atoms with Crippen molar-refractivity contribution in [2.75, 3.05) is 0 Å². The summed E-state index contributed by atoms with van der Waals surface area (Å²) in [5.41, 5.74) is 0. The molecule has 2 nitrogen and oxygen atoms in total. The quantitative estimate of drug-likeness (QED) is 0.0562. The number of pyridine rings is 2. The Morgan fingerprint density at radius 1 is 0.295 bits per heavy atom. The predicted molar refractivity (Wildman–Crippen MR) is 181 cm³/mol. The molecule has 2 aromatic carbocycles. The normalized spacial score (nSPS) is 11.0. The van der Waals surface area contributed by atoms with Crippen LogP contribution in [0.4, 0.5) is 0 Å². The van der Waals surface area contributed by atoms with Crippen molar-refractivity contribution in [2.24, 2.45) is 0 Å². The van der Waals surface area contributed by atoms with E-state index in [-0.39, 0.29) is 48.0 Å². The Bertz CT molecular complexity index is 1180. The van der Waals surface area contributed by atoms with Gasteiger partial charge in [-0.25, -0.2) is 9.13 Å². The summed E-state index contributed by atoms with van der Waals surface area (Å²) in [6, 6.07) is 21.8. The smallest absolute Gasteiger partial charge is 0.176 e. The standard InChI is InChI=1S/C40H58N2.2HI/c1(3-5-7-9-11-13-15-17-23-31-41-33-29-37-25-19-21-27-39(37)35-41)2-4-6-8-10-12-14-16-18-24-32-42-34-30-38-26-20-22-28-40(38)36-42;;/h19-22,25-30,33-36H,1-18,23-24,31-32H2;2*1H/q+2;;/p-2. The molecule has 4 heteroatoms. The Hall–Kier alpha value is -1.28. The Kier molecular flexibility index (Phi) is 22.0. The highest BCUT2D eigenvalue weighted by atomic mass is 127. The van der Waals surface area contributed by atoms with Gasteiger partial charge < -0.3 is 48.0 Å². The topological polar surface area (TPSA) is 7.76 Å². The second-order valence-corrected chi connectivity index (χ2v) is 12.7. The number of aryl methyl sites for hydroxylation is 2. The lowest BCUT2D eigenvalue weighted by molar-refractivity contribution is -0.696. The molecule has 0 spiro atoms. The molecule has 2 heterocycles. The van der Waals surface area contributed by atoms with Gasteiger partial charge in [-0.2, -0.15) is 0 Å². The maximum atomic E-state index is 2.36. The summed E-state index contributed by atoms with van der Waals surface area (Å²) >= 11 is 0. The van der Waals surface area contributed by atoms with E-state index in [1.54, 1.807) is 0 Å². The molecule has 0 amide bonds. The lowest BCUT2D eigenvalue weighted by atomic mass is 10.0. The van der Waals surface area contributed by atoms with Crippen LogP contribution in [0.1, 0.15) is 128 Å². The molecule has 242 valence electrons. The molecule has 2 aromatic heterocycles. The minimum absolute atomic E-state index is 0. The van der Waals surface area contributed by atoms with Crippen molar-refractivity contribution in [1.82, 2.24) is 0 Å². The Morgan fingerprint density at radius 3 is 0.841 bits per heavy atom. The molecule has 4 rings (SSSR count). The van der Waals surface area contributed by atoms with Crippen LogP contribution in [-0.4, -0.2) is 0 Å².